The topological polar surface area (TPSA) is 70.1 Å². The van der Waals surface area contributed by atoms with Crippen molar-refractivity contribution in [3.63, 3.8) is 0 Å². The van der Waals surface area contributed by atoms with Crippen molar-refractivity contribution in [2.45, 2.75) is 19.9 Å². The first kappa shape index (κ1) is 11.3. The zero-order valence-electron chi connectivity index (χ0n) is 9.15. The van der Waals surface area contributed by atoms with Crippen molar-refractivity contribution in [1.29, 1.82) is 0 Å². The van der Waals surface area contributed by atoms with Crippen LogP contribution in [-0.2, 0) is 4.74 Å². The largest absolute Gasteiger partial charge is 0.464 e. The summed E-state index contributed by atoms with van der Waals surface area (Å²) >= 11 is 0. The molecule has 0 saturated heterocycles. The molecular formula is C10H15N3O2. The van der Waals surface area contributed by atoms with E-state index < -0.39 is 5.97 Å². The van der Waals surface area contributed by atoms with E-state index >= 15 is 0 Å². The summed E-state index contributed by atoms with van der Waals surface area (Å²) in [6, 6.07) is -0.00379. The molecule has 5 heteroatoms. The highest BCUT2D eigenvalue weighted by Crippen LogP contribution is 2.20. The summed E-state index contributed by atoms with van der Waals surface area (Å²) in [5.74, 6) is 0.456. The van der Waals surface area contributed by atoms with Gasteiger partial charge in [-0.15, -0.1) is 6.58 Å². The van der Waals surface area contributed by atoms with Crippen LogP contribution in [0.15, 0.2) is 12.7 Å². The Hall–Kier alpha value is -1.78. The number of esters is 1. The first-order chi connectivity index (χ1) is 7.02. The van der Waals surface area contributed by atoms with Crippen LogP contribution in [0, 0.1) is 6.92 Å². The molecule has 0 aromatic carbocycles. The number of nitrogens with two attached hydrogens (primary N) is 1. The average molecular weight is 209 g/mol. The molecule has 0 fully saturated rings. The van der Waals surface area contributed by atoms with Crippen molar-refractivity contribution < 1.29 is 9.53 Å². The van der Waals surface area contributed by atoms with E-state index in [1.807, 2.05) is 6.92 Å². The molecule has 0 radical (unpaired) electrons. The first-order valence-electron chi connectivity index (χ1n) is 4.58. The van der Waals surface area contributed by atoms with Crippen LogP contribution in [-0.4, -0.2) is 22.6 Å². The molecule has 5 nitrogen and oxygen atoms in total. The molecule has 1 aromatic rings. The van der Waals surface area contributed by atoms with Gasteiger partial charge < -0.3 is 15.0 Å². The fourth-order valence-electron chi connectivity index (χ4n) is 1.43. The van der Waals surface area contributed by atoms with Gasteiger partial charge >= 0.3 is 5.97 Å². The number of aromatic nitrogens is 2. The Labute approximate surface area is 88.6 Å². The molecule has 1 atom stereocenters. The number of imidazole rings is 1. The van der Waals surface area contributed by atoms with Gasteiger partial charge in [0.15, 0.2) is 5.69 Å². The Morgan fingerprint density at radius 3 is 2.80 bits per heavy atom. The van der Waals surface area contributed by atoms with Crippen molar-refractivity contribution in [2.24, 2.45) is 0 Å². The molecule has 0 amide bonds. The molecule has 0 bridgehead atoms. The monoisotopic (exact) mass is 209 g/mol. The second-order valence-corrected chi connectivity index (χ2v) is 3.23. The lowest BCUT2D eigenvalue weighted by molar-refractivity contribution is 0.0595. The fraction of sp³-hybridized carbons (Fsp3) is 0.400. The van der Waals surface area contributed by atoms with E-state index in [9.17, 15) is 4.79 Å². The zero-order chi connectivity index (χ0) is 11.6. The molecule has 1 aromatic heterocycles. The number of ether oxygens (including phenoxy) is 1. The van der Waals surface area contributed by atoms with Crippen LogP contribution in [0.2, 0.25) is 0 Å². The maximum absolute atomic E-state index is 11.3. The Morgan fingerprint density at radius 1 is 1.73 bits per heavy atom. The maximum atomic E-state index is 11.3. The van der Waals surface area contributed by atoms with Crippen LogP contribution in [0.4, 0.5) is 5.82 Å². The molecule has 1 rings (SSSR count). The molecule has 15 heavy (non-hydrogen) atoms. The molecule has 82 valence electrons. The van der Waals surface area contributed by atoms with E-state index in [0.29, 0.717) is 11.6 Å². The maximum Gasteiger partial charge on any atom is 0.360 e. The van der Waals surface area contributed by atoms with E-state index in [2.05, 4.69) is 16.3 Å². The van der Waals surface area contributed by atoms with Crippen LogP contribution in [0.25, 0.3) is 0 Å². The van der Waals surface area contributed by atoms with Crippen molar-refractivity contribution in [3.05, 3.63) is 24.2 Å². The third-order valence-electron chi connectivity index (χ3n) is 2.25. The summed E-state index contributed by atoms with van der Waals surface area (Å²) in [5.41, 5.74) is 5.97. The average Bonchev–Trinajstić information content (AvgIpc) is 2.52. The van der Waals surface area contributed by atoms with Crippen LogP contribution < -0.4 is 5.73 Å². The molecule has 1 unspecified atom stereocenters. The number of nitrogen functional groups attached to an aromatic ring is 1. The van der Waals surface area contributed by atoms with Gasteiger partial charge in [0.2, 0.25) is 0 Å². The molecule has 0 aliphatic heterocycles. The van der Waals surface area contributed by atoms with Gasteiger partial charge in [-0.25, -0.2) is 9.78 Å². The SMILES string of the molecule is C=CC(C)n1c(C)nc(C(=O)OC)c1N. The summed E-state index contributed by atoms with van der Waals surface area (Å²) in [5, 5.41) is 0. The number of allylic oxidation sites excluding steroid dienone is 1. The number of aryl methyl sites for hydroxylation is 1. The van der Waals surface area contributed by atoms with E-state index in [1.54, 1.807) is 17.6 Å². The van der Waals surface area contributed by atoms with E-state index in [4.69, 9.17) is 5.73 Å². The minimum absolute atomic E-state index is 0.00379. The number of hydrogen-bond acceptors (Lipinski definition) is 4. The lowest BCUT2D eigenvalue weighted by Crippen LogP contribution is -2.10. The van der Waals surface area contributed by atoms with Gasteiger partial charge in [0.25, 0.3) is 0 Å². The summed E-state index contributed by atoms with van der Waals surface area (Å²) < 4.78 is 6.31. The van der Waals surface area contributed by atoms with Gasteiger partial charge in [0, 0.05) is 0 Å². The van der Waals surface area contributed by atoms with E-state index in [0.717, 1.165) is 0 Å². The Bertz CT molecular complexity index is 396. The highest BCUT2D eigenvalue weighted by Gasteiger charge is 2.20. The van der Waals surface area contributed by atoms with Crippen LogP contribution in [0.1, 0.15) is 29.3 Å². The van der Waals surface area contributed by atoms with Crippen LogP contribution in [0.5, 0.6) is 0 Å². The van der Waals surface area contributed by atoms with Gasteiger partial charge in [0.1, 0.15) is 11.6 Å². The zero-order valence-corrected chi connectivity index (χ0v) is 9.15. The number of hydrogen-bond donors (Lipinski definition) is 1. The number of carbonyl (C=O) groups is 1. The number of nitrogens with zero attached hydrogens (tertiary/aromatic N) is 2. The first-order valence-corrected chi connectivity index (χ1v) is 4.58. The minimum Gasteiger partial charge on any atom is -0.464 e. The van der Waals surface area contributed by atoms with Gasteiger partial charge in [-0.1, -0.05) is 6.08 Å². The fourth-order valence-corrected chi connectivity index (χ4v) is 1.43. The van der Waals surface area contributed by atoms with Crippen LogP contribution in [0.3, 0.4) is 0 Å². The standard InChI is InChI=1S/C10H15N3O2/c1-5-6(2)13-7(3)12-8(9(13)11)10(14)15-4/h5-6H,1,11H2,2-4H3. The van der Waals surface area contributed by atoms with Gasteiger partial charge in [-0.05, 0) is 13.8 Å². The third kappa shape index (κ3) is 1.86. The molecule has 0 saturated carbocycles. The number of carbonyl (C=O) groups excluding carboxylic acids is 1. The predicted octanol–water partition coefficient (Wildman–Crippen LogP) is 1.31. The van der Waals surface area contributed by atoms with Crippen molar-refractivity contribution in [1.82, 2.24) is 9.55 Å². The minimum atomic E-state index is -0.523. The molecule has 2 N–H and O–H groups in total. The van der Waals surface area contributed by atoms with Gasteiger partial charge in [-0.2, -0.15) is 0 Å². The summed E-state index contributed by atoms with van der Waals surface area (Å²) in [6.07, 6.45) is 1.73. The third-order valence-corrected chi connectivity index (χ3v) is 2.25. The second kappa shape index (κ2) is 4.16. The lowest BCUT2D eigenvalue weighted by Gasteiger charge is -2.11. The number of methoxy groups -OCH3 is 1. The lowest BCUT2D eigenvalue weighted by atomic mass is 10.3. The normalized spacial score (nSPS) is 12.2. The van der Waals surface area contributed by atoms with Crippen molar-refractivity contribution >= 4 is 11.8 Å². The summed E-state index contributed by atoms with van der Waals surface area (Å²) in [4.78, 5) is 15.4. The summed E-state index contributed by atoms with van der Waals surface area (Å²) in [6.45, 7) is 7.37. The van der Waals surface area contributed by atoms with E-state index in [-0.39, 0.29) is 11.7 Å². The molecule has 1 heterocycles. The molecule has 0 aliphatic carbocycles. The van der Waals surface area contributed by atoms with Crippen molar-refractivity contribution in [3.8, 4) is 0 Å². The van der Waals surface area contributed by atoms with Gasteiger partial charge in [0.05, 0.1) is 13.2 Å². The summed E-state index contributed by atoms with van der Waals surface area (Å²) in [7, 11) is 1.30. The second-order valence-electron chi connectivity index (χ2n) is 3.23. The molecule has 0 aliphatic rings. The van der Waals surface area contributed by atoms with E-state index in [1.165, 1.54) is 7.11 Å². The highest BCUT2D eigenvalue weighted by atomic mass is 16.5. The highest BCUT2D eigenvalue weighted by molar-refractivity contribution is 5.92. The predicted molar refractivity (Wildman–Crippen MR) is 57.6 cm³/mol. The van der Waals surface area contributed by atoms with Crippen LogP contribution >= 0.6 is 0 Å². The number of anilines is 1. The Balaban J connectivity index is 3.26. The van der Waals surface area contributed by atoms with Crippen molar-refractivity contribution in [2.75, 3.05) is 12.8 Å². The van der Waals surface area contributed by atoms with Gasteiger partial charge in [-0.3, -0.25) is 0 Å². The number of rotatable bonds is 3. The Kier molecular flexibility index (Phi) is 3.14. The molecular weight excluding hydrogens is 194 g/mol. The quantitative estimate of drug-likeness (QED) is 0.601. The smallest absolute Gasteiger partial charge is 0.360 e. The Morgan fingerprint density at radius 2 is 2.33 bits per heavy atom. The molecule has 0 spiro atoms.